The van der Waals surface area contributed by atoms with Gasteiger partial charge in [0.2, 0.25) is 17.7 Å². The number of carbonyl (C=O) groups excluding carboxylic acids is 3. The van der Waals surface area contributed by atoms with Crippen LogP contribution in [0.3, 0.4) is 0 Å². The number of piperidine rings is 1. The van der Waals surface area contributed by atoms with Gasteiger partial charge in [0, 0.05) is 17.1 Å². The molecule has 1 saturated heterocycles. The molecule has 1 aliphatic rings. The summed E-state index contributed by atoms with van der Waals surface area (Å²) in [7, 11) is 0. The lowest BCUT2D eigenvalue weighted by Crippen LogP contribution is -2.48. The van der Waals surface area contributed by atoms with Crippen molar-refractivity contribution in [3.63, 3.8) is 0 Å². The van der Waals surface area contributed by atoms with Crippen LogP contribution >= 0.6 is 15.9 Å². The molecule has 0 aliphatic carbocycles. The quantitative estimate of drug-likeness (QED) is 0.521. The lowest BCUT2D eigenvalue weighted by molar-refractivity contribution is -0.129. The molecule has 1 heterocycles. The molecular formula is C21H31BrN4O3. The minimum absolute atomic E-state index is 0.0730. The Morgan fingerprint density at radius 3 is 2.72 bits per heavy atom. The molecule has 0 bridgehead atoms. The van der Waals surface area contributed by atoms with Crippen molar-refractivity contribution < 1.29 is 14.4 Å². The number of hydrogen-bond acceptors (Lipinski definition) is 4. The summed E-state index contributed by atoms with van der Waals surface area (Å²) in [5.74, 6) is -0.516. The van der Waals surface area contributed by atoms with E-state index < -0.39 is 0 Å². The van der Waals surface area contributed by atoms with E-state index in [0.717, 1.165) is 36.7 Å². The van der Waals surface area contributed by atoms with Gasteiger partial charge in [-0.25, -0.2) is 0 Å². The second-order valence-corrected chi connectivity index (χ2v) is 8.43. The van der Waals surface area contributed by atoms with Crippen molar-refractivity contribution in [1.29, 1.82) is 0 Å². The summed E-state index contributed by atoms with van der Waals surface area (Å²) < 4.78 is 0.783. The Morgan fingerprint density at radius 2 is 2.00 bits per heavy atom. The van der Waals surface area contributed by atoms with Gasteiger partial charge in [0.15, 0.2) is 0 Å². The Bertz CT molecular complexity index is 713. The van der Waals surface area contributed by atoms with E-state index in [4.69, 9.17) is 0 Å². The van der Waals surface area contributed by atoms with Crippen molar-refractivity contribution in [3.8, 4) is 0 Å². The van der Waals surface area contributed by atoms with Crippen LogP contribution in [-0.4, -0.2) is 54.8 Å². The molecule has 2 unspecified atom stereocenters. The number of rotatable bonds is 9. The Kier molecular flexibility index (Phi) is 9.60. The lowest BCUT2D eigenvalue weighted by atomic mass is 9.96. The van der Waals surface area contributed by atoms with Gasteiger partial charge >= 0.3 is 0 Å². The third-order valence-corrected chi connectivity index (χ3v) is 5.64. The van der Waals surface area contributed by atoms with E-state index >= 15 is 0 Å². The van der Waals surface area contributed by atoms with E-state index in [1.54, 1.807) is 6.07 Å². The zero-order chi connectivity index (χ0) is 21.2. The Morgan fingerprint density at radius 1 is 1.24 bits per heavy atom. The van der Waals surface area contributed by atoms with E-state index in [2.05, 4.69) is 38.8 Å². The molecule has 1 fully saturated rings. The predicted octanol–water partition coefficient (Wildman–Crippen LogP) is 2.52. The molecule has 0 aromatic heterocycles. The summed E-state index contributed by atoms with van der Waals surface area (Å²) in [6.07, 6.45) is 3.73. The van der Waals surface area contributed by atoms with Crippen LogP contribution in [0.1, 0.15) is 39.5 Å². The maximum Gasteiger partial charge on any atom is 0.243 e. The van der Waals surface area contributed by atoms with Crippen molar-refractivity contribution in [2.45, 2.75) is 45.6 Å². The van der Waals surface area contributed by atoms with Gasteiger partial charge in [0.25, 0.3) is 0 Å². The first kappa shape index (κ1) is 23.3. The predicted molar refractivity (Wildman–Crippen MR) is 117 cm³/mol. The van der Waals surface area contributed by atoms with Gasteiger partial charge in [-0.2, -0.15) is 0 Å². The van der Waals surface area contributed by atoms with Crippen LogP contribution in [0, 0.1) is 5.92 Å². The molecule has 160 valence electrons. The van der Waals surface area contributed by atoms with Crippen LogP contribution in [0.2, 0.25) is 0 Å². The number of carbonyl (C=O) groups is 3. The number of amides is 3. The van der Waals surface area contributed by atoms with Crippen molar-refractivity contribution in [1.82, 2.24) is 15.5 Å². The molecule has 7 nitrogen and oxygen atoms in total. The van der Waals surface area contributed by atoms with Crippen LogP contribution in [0.15, 0.2) is 28.7 Å². The van der Waals surface area contributed by atoms with Crippen LogP contribution < -0.4 is 16.0 Å². The molecule has 2 atom stereocenters. The van der Waals surface area contributed by atoms with Gasteiger partial charge in [0.05, 0.1) is 24.7 Å². The van der Waals surface area contributed by atoms with E-state index in [1.807, 2.05) is 30.0 Å². The van der Waals surface area contributed by atoms with Gasteiger partial charge in [-0.15, -0.1) is 0 Å². The van der Waals surface area contributed by atoms with Gasteiger partial charge in [-0.3, -0.25) is 19.3 Å². The first-order chi connectivity index (χ1) is 13.9. The normalized spacial score (nSPS) is 18.0. The average molecular weight is 467 g/mol. The smallest absolute Gasteiger partial charge is 0.243 e. The van der Waals surface area contributed by atoms with Gasteiger partial charge in [-0.05, 0) is 60.8 Å². The highest BCUT2D eigenvalue weighted by molar-refractivity contribution is 9.10. The van der Waals surface area contributed by atoms with Crippen LogP contribution in [0.4, 0.5) is 5.69 Å². The number of halogens is 1. The maximum atomic E-state index is 12.4. The molecule has 3 amide bonds. The number of nitrogens with one attached hydrogen (secondary N) is 3. The Balaban J connectivity index is 1.73. The summed E-state index contributed by atoms with van der Waals surface area (Å²) in [5.41, 5.74) is 0.661. The van der Waals surface area contributed by atoms with Gasteiger partial charge in [-0.1, -0.05) is 25.5 Å². The molecule has 2 rings (SSSR count). The minimum atomic E-state index is -0.286. The Labute approximate surface area is 181 Å². The fraction of sp³-hybridized carbons (Fsp3) is 0.571. The Hall–Kier alpha value is -1.93. The van der Waals surface area contributed by atoms with E-state index in [-0.39, 0.29) is 42.8 Å². The zero-order valence-electron chi connectivity index (χ0n) is 17.2. The number of benzene rings is 1. The highest BCUT2D eigenvalue weighted by atomic mass is 79.9. The molecule has 1 aliphatic heterocycles. The zero-order valence-corrected chi connectivity index (χ0v) is 18.8. The fourth-order valence-corrected chi connectivity index (χ4v) is 3.86. The van der Waals surface area contributed by atoms with Crippen LogP contribution in [0.5, 0.6) is 0 Å². The third kappa shape index (κ3) is 8.14. The summed E-state index contributed by atoms with van der Waals surface area (Å²) in [4.78, 5) is 38.7. The van der Waals surface area contributed by atoms with E-state index in [9.17, 15) is 14.4 Å². The SMILES string of the molecule is CCCC(C)NC(=O)C1CCCN(CC(=O)NCC(=O)Nc2ccccc2Br)C1. The molecule has 29 heavy (non-hydrogen) atoms. The summed E-state index contributed by atoms with van der Waals surface area (Å²) in [6, 6.07) is 7.47. The first-order valence-electron chi connectivity index (χ1n) is 10.2. The fourth-order valence-electron chi connectivity index (χ4n) is 3.47. The van der Waals surface area contributed by atoms with Gasteiger partial charge in [0.1, 0.15) is 0 Å². The molecule has 8 heteroatoms. The van der Waals surface area contributed by atoms with Crippen LogP contribution in [0.25, 0.3) is 0 Å². The highest BCUT2D eigenvalue weighted by Crippen LogP contribution is 2.21. The minimum Gasteiger partial charge on any atom is -0.353 e. The average Bonchev–Trinajstić information content (AvgIpc) is 2.68. The van der Waals surface area contributed by atoms with Crippen molar-refractivity contribution in [3.05, 3.63) is 28.7 Å². The summed E-state index contributed by atoms with van der Waals surface area (Å²) >= 11 is 3.37. The summed E-state index contributed by atoms with van der Waals surface area (Å²) in [6.45, 7) is 5.58. The number of para-hydroxylation sites is 1. The highest BCUT2D eigenvalue weighted by Gasteiger charge is 2.27. The number of anilines is 1. The molecule has 1 aromatic carbocycles. The molecule has 0 radical (unpaired) electrons. The second kappa shape index (κ2) is 11.9. The number of likely N-dealkylation sites (tertiary alicyclic amines) is 1. The second-order valence-electron chi connectivity index (χ2n) is 7.58. The van der Waals surface area contributed by atoms with E-state index in [1.165, 1.54) is 0 Å². The molecule has 1 aromatic rings. The third-order valence-electron chi connectivity index (χ3n) is 4.95. The molecule has 0 spiro atoms. The number of hydrogen-bond donors (Lipinski definition) is 3. The molecule has 3 N–H and O–H groups in total. The van der Waals surface area contributed by atoms with Crippen LogP contribution in [-0.2, 0) is 14.4 Å². The van der Waals surface area contributed by atoms with Crippen molar-refractivity contribution >= 4 is 39.3 Å². The van der Waals surface area contributed by atoms with Crippen molar-refractivity contribution in [2.75, 3.05) is 31.5 Å². The monoisotopic (exact) mass is 466 g/mol. The maximum absolute atomic E-state index is 12.4. The number of nitrogens with zero attached hydrogens (tertiary/aromatic N) is 1. The van der Waals surface area contributed by atoms with E-state index in [0.29, 0.717) is 12.2 Å². The lowest BCUT2D eigenvalue weighted by Gasteiger charge is -2.32. The molecular weight excluding hydrogens is 436 g/mol. The van der Waals surface area contributed by atoms with Gasteiger partial charge < -0.3 is 16.0 Å². The summed E-state index contributed by atoms with van der Waals surface area (Å²) in [5, 5.41) is 8.48. The topological polar surface area (TPSA) is 90.5 Å². The van der Waals surface area contributed by atoms with Crippen molar-refractivity contribution in [2.24, 2.45) is 5.92 Å². The molecule has 0 saturated carbocycles. The standard InChI is InChI=1S/C21H31BrN4O3/c1-3-7-15(2)24-21(29)16-8-6-11-26(13-16)14-20(28)23-12-19(27)25-18-10-5-4-9-17(18)22/h4-5,9-10,15-16H,3,6-8,11-14H2,1-2H3,(H,23,28)(H,24,29)(H,25,27). The first-order valence-corrected chi connectivity index (χ1v) is 11.0. The largest absolute Gasteiger partial charge is 0.353 e.